The van der Waals surface area contributed by atoms with Gasteiger partial charge in [-0.15, -0.1) is 0 Å². The molecule has 0 unspecified atom stereocenters. The summed E-state index contributed by atoms with van der Waals surface area (Å²) in [6.45, 7) is 0. The minimum atomic E-state index is -0.182. The Kier molecular flexibility index (Phi) is 5.41. The molecule has 1 N–H and O–H groups in total. The minimum Gasteiger partial charge on any atom is -0.386 e. The summed E-state index contributed by atoms with van der Waals surface area (Å²) >= 11 is 12.0. The normalized spacial score (nSPS) is 10.7. The molecule has 0 spiro atoms. The molecule has 0 aliphatic rings. The highest BCUT2D eigenvalue weighted by atomic mass is 35.5. The number of halogens is 2. The number of nitrogens with one attached hydrogen (secondary N) is 1. The van der Waals surface area contributed by atoms with Crippen molar-refractivity contribution in [1.29, 1.82) is 0 Å². The van der Waals surface area contributed by atoms with Crippen molar-refractivity contribution in [3.8, 4) is 0 Å². The van der Waals surface area contributed by atoms with Gasteiger partial charge in [-0.25, -0.2) is 0 Å². The smallest absolute Gasteiger partial charge is 0.250 e. The molecule has 1 amide bonds. The Labute approximate surface area is 139 Å². The second kappa shape index (κ2) is 7.29. The highest BCUT2D eigenvalue weighted by Gasteiger charge is 2.14. The van der Waals surface area contributed by atoms with E-state index in [9.17, 15) is 4.79 Å². The lowest BCUT2D eigenvalue weighted by Crippen LogP contribution is -2.24. The topological polar surface area (TPSA) is 45.2 Å². The highest BCUT2D eigenvalue weighted by molar-refractivity contribution is 6.42. The number of benzene rings is 1. The SMILES string of the molecule is CNc1cc(Cl)c(Cl)cc1N(C)C(=O)/C=C/c1cccnc1. The van der Waals surface area contributed by atoms with Crippen molar-refractivity contribution in [3.05, 3.63) is 58.3 Å². The zero-order valence-electron chi connectivity index (χ0n) is 12.2. The Bertz CT molecular complexity index is 702. The van der Waals surface area contributed by atoms with Crippen molar-refractivity contribution in [2.75, 3.05) is 24.3 Å². The van der Waals surface area contributed by atoms with Crippen LogP contribution in [0, 0.1) is 0 Å². The molecule has 0 radical (unpaired) electrons. The van der Waals surface area contributed by atoms with Crippen LogP contribution in [0.15, 0.2) is 42.7 Å². The van der Waals surface area contributed by atoms with E-state index in [0.717, 1.165) is 11.3 Å². The molecule has 0 aliphatic heterocycles. The Morgan fingerprint density at radius 1 is 1.32 bits per heavy atom. The highest BCUT2D eigenvalue weighted by Crippen LogP contribution is 2.34. The molecule has 1 aromatic carbocycles. The number of hydrogen-bond acceptors (Lipinski definition) is 3. The Balaban J connectivity index is 2.24. The second-order valence-electron chi connectivity index (χ2n) is 4.55. The van der Waals surface area contributed by atoms with Gasteiger partial charge in [0.2, 0.25) is 0 Å². The predicted octanol–water partition coefficient (Wildman–Crippen LogP) is 4.11. The number of carbonyl (C=O) groups excluding carboxylic acids is 1. The van der Waals surface area contributed by atoms with Gasteiger partial charge < -0.3 is 10.2 Å². The van der Waals surface area contributed by atoms with Gasteiger partial charge in [-0.1, -0.05) is 29.3 Å². The average molecular weight is 336 g/mol. The van der Waals surface area contributed by atoms with Crippen molar-refractivity contribution in [1.82, 2.24) is 4.98 Å². The van der Waals surface area contributed by atoms with Crippen molar-refractivity contribution in [2.45, 2.75) is 0 Å². The van der Waals surface area contributed by atoms with Gasteiger partial charge >= 0.3 is 0 Å². The van der Waals surface area contributed by atoms with Crippen LogP contribution in [0.2, 0.25) is 10.0 Å². The molecule has 0 bridgehead atoms. The summed E-state index contributed by atoms with van der Waals surface area (Å²) < 4.78 is 0. The van der Waals surface area contributed by atoms with Crippen LogP contribution in [0.4, 0.5) is 11.4 Å². The quantitative estimate of drug-likeness (QED) is 0.855. The molecule has 0 aliphatic carbocycles. The first-order valence-electron chi connectivity index (χ1n) is 6.55. The lowest BCUT2D eigenvalue weighted by atomic mass is 10.2. The van der Waals surface area contributed by atoms with Crippen LogP contribution in [0.25, 0.3) is 6.08 Å². The summed E-state index contributed by atoms with van der Waals surface area (Å²) in [4.78, 5) is 17.8. The van der Waals surface area contributed by atoms with Crippen LogP contribution < -0.4 is 10.2 Å². The van der Waals surface area contributed by atoms with Crippen LogP contribution in [-0.2, 0) is 4.79 Å². The Morgan fingerprint density at radius 3 is 2.68 bits per heavy atom. The fourth-order valence-corrected chi connectivity index (χ4v) is 2.21. The van der Waals surface area contributed by atoms with Gasteiger partial charge in [0.25, 0.3) is 5.91 Å². The molecule has 0 fully saturated rings. The molecule has 2 aromatic rings. The molecule has 1 heterocycles. The van der Waals surface area contributed by atoms with Crippen molar-refractivity contribution < 1.29 is 4.79 Å². The molecule has 4 nitrogen and oxygen atoms in total. The molecular formula is C16H15Cl2N3O. The summed E-state index contributed by atoms with van der Waals surface area (Å²) in [5, 5.41) is 3.83. The summed E-state index contributed by atoms with van der Waals surface area (Å²) in [7, 11) is 3.43. The molecule has 0 atom stereocenters. The van der Waals surface area contributed by atoms with Gasteiger partial charge in [0, 0.05) is 32.6 Å². The number of likely N-dealkylation sites (N-methyl/N-ethyl adjacent to an activating group) is 1. The van der Waals surface area contributed by atoms with Gasteiger partial charge in [0.15, 0.2) is 0 Å². The third kappa shape index (κ3) is 3.78. The van der Waals surface area contributed by atoms with Gasteiger partial charge in [0.05, 0.1) is 21.4 Å². The third-order valence-corrected chi connectivity index (χ3v) is 3.82. The Hall–Kier alpha value is -2.04. The molecular weight excluding hydrogens is 321 g/mol. The van der Waals surface area contributed by atoms with E-state index in [0.29, 0.717) is 15.7 Å². The largest absolute Gasteiger partial charge is 0.386 e. The zero-order valence-corrected chi connectivity index (χ0v) is 13.7. The van der Waals surface area contributed by atoms with E-state index in [1.807, 2.05) is 12.1 Å². The molecule has 22 heavy (non-hydrogen) atoms. The molecule has 0 saturated carbocycles. The maximum Gasteiger partial charge on any atom is 0.250 e. The van der Waals surface area contributed by atoms with Crippen LogP contribution >= 0.6 is 23.2 Å². The van der Waals surface area contributed by atoms with E-state index >= 15 is 0 Å². The summed E-state index contributed by atoms with van der Waals surface area (Å²) in [6.07, 6.45) is 6.56. The fourth-order valence-electron chi connectivity index (χ4n) is 1.89. The van der Waals surface area contributed by atoms with E-state index < -0.39 is 0 Å². The van der Waals surface area contributed by atoms with Crippen molar-refractivity contribution in [3.63, 3.8) is 0 Å². The average Bonchev–Trinajstić information content (AvgIpc) is 2.55. The van der Waals surface area contributed by atoms with Gasteiger partial charge in [-0.2, -0.15) is 0 Å². The van der Waals surface area contributed by atoms with Crippen LogP contribution in [0.3, 0.4) is 0 Å². The number of aromatic nitrogens is 1. The summed E-state index contributed by atoms with van der Waals surface area (Å²) in [6, 6.07) is 7.03. The van der Waals surface area contributed by atoms with E-state index in [-0.39, 0.29) is 5.91 Å². The number of pyridine rings is 1. The van der Waals surface area contributed by atoms with Gasteiger partial charge in [-0.3, -0.25) is 9.78 Å². The van der Waals surface area contributed by atoms with Crippen LogP contribution in [0.1, 0.15) is 5.56 Å². The summed E-state index contributed by atoms with van der Waals surface area (Å²) in [5.74, 6) is -0.182. The van der Waals surface area contributed by atoms with Gasteiger partial charge in [-0.05, 0) is 29.8 Å². The van der Waals surface area contributed by atoms with Crippen LogP contribution in [0.5, 0.6) is 0 Å². The van der Waals surface area contributed by atoms with Crippen molar-refractivity contribution >= 4 is 46.6 Å². The monoisotopic (exact) mass is 335 g/mol. The van der Waals surface area contributed by atoms with E-state index in [2.05, 4.69) is 10.3 Å². The van der Waals surface area contributed by atoms with E-state index in [4.69, 9.17) is 23.2 Å². The fraction of sp³-hybridized carbons (Fsp3) is 0.125. The molecule has 0 saturated heterocycles. The number of nitrogens with zero attached hydrogens (tertiary/aromatic N) is 2. The molecule has 114 valence electrons. The number of rotatable bonds is 4. The number of amides is 1. The molecule has 6 heteroatoms. The van der Waals surface area contributed by atoms with Gasteiger partial charge in [0.1, 0.15) is 0 Å². The van der Waals surface area contributed by atoms with E-state index in [1.54, 1.807) is 44.7 Å². The first-order chi connectivity index (χ1) is 10.5. The first-order valence-corrected chi connectivity index (χ1v) is 7.31. The standard InChI is InChI=1S/C16H15Cl2N3O/c1-19-14-8-12(17)13(18)9-15(14)21(2)16(22)6-5-11-4-3-7-20-10-11/h3-10,19H,1-2H3/b6-5+. The second-order valence-corrected chi connectivity index (χ2v) is 5.36. The zero-order chi connectivity index (χ0) is 16.1. The first kappa shape index (κ1) is 16.3. The predicted molar refractivity (Wildman–Crippen MR) is 92.7 cm³/mol. The number of hydrogen-bond donors (Lipinski definition) is 1. The maximum atomic E-state index is 12.3. The maximum absolute atomic E-state index is 12.3. The Morgan fingerprint density at radius 2 is 2.05 bits per heavy atom. The van der Waals surface area contributed by atoms with Crippen molar-refractivity contribution in [2.24, 2.45) is 0 Å². The van der Waals surface area contributed by atoms with Crippen LogP contribution in [-0.4, -0.2) is 25.0 Å². The minimum absolute atomic E-state index is 0.182. The van der Waals surface area contributed by atoms with E-state index in [1.165, 1.54) is 11.0 Å². The number of carbonyl (C=O) groups is 1. The molecule has 1 aromatic heterocycles. The lowest BCUT2D eigenvalue weighted by Gasteiger charge is -2.20. The lowest BCUT2D eigenvalue weighted by molar-refractivity contribution is -0.113. The molecule has 2 rings (SSSR count). The number of anilines is 2. The third-order valence-electron chi connectivity index (χ3n) is 3.10. The summed E-state index contributed by atoms with van der Waals surface area (Å²) in [5.41, 5.74) is 2.23.